The highest BCUT2D eigenvalue weighted by Gasteiger charge is 2.21. The second-order valence-electron chi connectivity index (χ2n) is 4.55. The van der Waals surface area contributed by atoms with Gasteiger partial charge in [-0.25, -0.2) is 4.39 Å². The summed E-state index contributed by atoms with van der Waals surface area (Å²) in [7, 11) is 0. The molecule has 0 saturated heterocycles. The summed E-state index contributed by atoms with van der Waals surface area (Å²) in [5.74, 6) is 1.18. The normalized spacial score (nSPS) is 14.9. The van der Waals surface area contributed by atoms with Crippen LogP contribution >= 0.6 is 47.8 Å². The highest BCUT2D eigenvalue weighted by Crippen LogP contribution is 2.44. The lowest BCUT2D eigenvalue weighted by atomic mass is 10.0. The van der Waals surface area contributed by atoms with Gasteiger partial charge in [-0.3, -0.25) is 0 Å². The summed E-state index contributed by atoms with van der Waals surface area (Å²) in [6.07, 6.45) is 0. The molecule has 0 saturated carbocycles. The van der Waals surface area contributed by atoms with Gasteiger partial charge in [0.2, 0.25) is 0 Å². The number of halogens is 4. The van der Waals surface area contributed by atoms with Gasteiger partial charge in [-0.15, -0.1) is 0 Å². The third-order valence-corrected chi connectivity index (χ3v) is 5.53. The first-order valence-electron chi connectivity index (χ1n) is 6.24. The van der Waals surface area contributed by atoms with Gasteiger partial charge in [-0.2, -0.15) is 0 Å². The van der Waals surface area contributed by atoms with E-state index in [9.17, 15) is 4.39 Å². The molecule has 1 aliphatic rings. The maximum Gasteiger partial charge on any atom is 0.162 e. The van der Waals surface area contributed by atoms with Crippen LogP contribution in [0, 0.1) is 5.82 Å². The Morgan fingerprint density at radius 2 is 1.52 bits per heavy atom. The van der Waals surface area contributed by atoms with Crippen LogP contribution in [0.2, 0.25) is 0 Å². The van der Waals surface area contributed by atoms with Gasteiger partial charge >= 0.3 is 0 Å². The fourth-order valence-electron chi connectivity index (χ4n) is 2.15. The highest BCUT2D eigenvalue weighted by molar-refractivity contribution is 9.11. The van der Waals surface area contributed by atoms with Gasteiger partial charge in [0.1, 0.15) is 19.0 Å². The average molecular weight is 481 g/mol. The van der Waals surface area contributed by atoms with E-state index in [1.54, 1.807) is 6.07 Å². The van der Waals surface area contributed by atoms with Gasteiger partial charge in [-0.05, 0) is 35.4 Å². The fourth-order valence-corrected chi connectivity index (χ4v) is 4.67. The van der Waals surface area contributed by atoms with Crippen LogP contribution in [0.3, 0.4) is 0 Å². The molecule has 1 atom stereocenters. The molecule has 1 aliphatic heterocycles. The first kappa shape index (κ1) is 15.3. The van der Waals surface area contributed by atoms with E-state index in [1.165, 1.54) is 12.1 Å². The van der Waals surface area contributed by atoms with Crippen LogP contribution in [0.4, 0.5) is 4.39 Å². The number of ether oxygens (including phenoxy) is 2. The van der Waals surface area contributed by atoms with Crippen LogP contribution in [0.1, 0.15) is 16.0 Å². The summed E-state index contributed by atoms with van der Waals surface area (Å²) < 4.78 is 26.0. The molecule has 0 amide bonds. The Bertz CT molecular complexity index is 691. The Morgan fingerprint density at radius 1 is 0.905 bits per heavy atom. The maximum absolute atomic E-state index is 13.2. The predicted octanol–water partition coefficient (Wildman–Crippen LogP) is 5.61. The molecule has 2 aromatic carbocycles. The zero-order valence-corrected chi connectivity index (χ0v) is 15.5. The minimum absolute atomic E-state index is 0.0994. The predicted molar refractivity (Wildman–Crippen MR) is 90.0 cm³/mol. The minimum atomic E-state index is -0.272. The monoisotopic (exact) mass is 478 g/mol. The number of benzene rings is 2. The van der Waals surface area contributed by atoms with Crippen LogP contribution in [0.15, 0.2) is 39.3 Å². The van der Waals surface area contributed by atoms with Crippen LogP contribution < -0.4 is 9.47 Å². The first-order valence-corrected chi connectivity index (χ1v) is 8.74. The molecule has 1 heterocycles. The molecule has 0 bridgehead atoms. The standard InChI is InChI=1S/C15H10Br3FO2/c16-11-5-8(19)1-2-9(11)15(18)10-6-13-14(7-12(10)17)21-4-3-20-13/h1-2,5-7,15H,3-4H2. The molecule has 2 nitrogen and oxygen atoms in total. The lowest BCUT2D eigenvalue weighted by Crippen LogP contribution is -2.15. The third-order valence-electron chi connectivity index (χ3n) is 3.17. The lowest BCUT2D eigenvalue weighted by molar-refractivity contribution is 0.171. The average Bonchev–Trinajstić information content (AvgIpc) is 2.46. The quantitative estimate of drug-likeness (QED) is 0.520. The van der Waals surface area contributed by atoms with E-state index in [4.69, 9.17) is 9.47 Å². The van der Waals surface area contributed by atoms with Gasteiger partial charge in [0.25, 0.3) is 0 Å². The van der Waals surface area contributed by atoms with Crippen LogP contribution in [-0.2, 0) is 0 Å². The molecule has 3 rings (SSSR count). The topological polar surface area (TPSA) is 18.5 Å². The molecule has 0 N–H and O–H groups in total. The molecule has 0 spiro atoms. The summed E-state index contributed by atoms with van der Waals surface area (Å²) in [5.41, 5.74) is 1.93. The van der Waals surface area contributed by atoms with E-state index in [0.29, 0.717) is 17.7 Å². The largest absolute Gasteiger partial charge is 0.486 e. The highest BCUT2D eigenvalue weighted by atomic mass is 79.9. The first-order chi connectivity index (χ1) is 10.1. The molecular formula is C15H10Br3FO2. The molecule has 0 fully saturated rings. The SMILES string of the molecule is Fc1ccc(C(Br)c2cc3c(cc2Br)OCCO3)c(Br)c1. The summed E-state index contributed by atoms with van der Waals surface area (Å²) >= 11 is 10.6. The molecule has 0 radical (unpaired) electrons. The van der Waals surface area contributed by atoms with Gasteiger partial charge in [0, 0.05) is 8.95 Å². The number of rotatable bonds is 2. The minimum Gasteiger partial charge on any atom is -0.486 e. The van der Waals surface area contributed by atoms with Crippen LogP contribution in [0.25, 0.3) is 0 Å². The number of hydrogen-bond acceptors (Lipinski definition) is 2. The van der Waals surface area contributed by atoms with Gasteiger partial charge in [0.05, 0.1) is 4.83 Å². The molecule has 0 aliphatic carbocycles. The smallest absolute Gasteiger partial charge is 0.162 e. The Kier molecular flexibility index (Phi) is 4.57. The molecule has 110 valence electrons. The van der Waals surface area contributed by atoms with Crippen LogP contribution in [0.5, 0.6) is 11.5 Å². The summed E-state index contributed by atoms with van der Waals surface area (Å²) in [5, 5.41) is 0. The van der Waals surface area contributed by atoms with Crippen molar-refractivity contribution in [2.24, 2.45) is 0 Å². The zero-order chi connectivity index (χ0) is 15.0. The van der Waals surface area contributed by atoms with E-state index >= 15 is 0 Å². The summed E-state index contributed by atoms with van der Waals surface area (Å²) in [4.78, 5) is -0.0994. The van der Waals surface area contributed by atoms with Crippen molar-refractivity contribution in [3.8, 4) is 11.5 Å². The molecule has 21 heavy (non-hydrogen) atoms. The van der Waals surface area contributed by atoms with Crippen molar-refractivity contribution in [3.63, 3.8) is 0 Å². The van der Waals surface area contributed by atoms with Crippen molar-refractivity contribution in [2.75, 3.05) is 13.2 Å². The van der Waals surface area contributed by atoms with Crippen molar-refractivity contribution in [2.45, 2.75) is 4.83 Å². The Labute approximate surface area is 147 Å². The molecule has 1 unspecified atom stereocenters. The van der Waals surface area contributed by atoms with E-state index in [1.807, 2.05) is 12.1 Å². The van der Waals surface area contributed by atoms with Gasteiger partial charge < -0.3 is 9.47 Å². The van der Waals surface area contributed by atoms with Gasteiger partial charge in [0.15, 0.2) is 11.5 Å². The second-order valence-corrected chi connectivity index (χ2v) is 7.17. The van der Waals surface area contributed by atoms with Crippen molar-refractivity contribution >= 4 is 47.8 Å². The third kappa shape index (κ3) is 3.12. The van der Waals surface area contributed by atoms with Crippen molar-refractivity contribution in [1.82, 2.24) is 0 Å². The Hall–Kier alpha value is -0.590. The van der Waals surface area contributed by atoms with E-state index in [-0.39, 0.29) is 10.6 Å². The maximum atomic E-state index is 13.2. The Morgan fingerprint density at radius 3 is 2.19 bits per heavy atom. The number of alkyl halides is 1. The van der Waals surface area contributed by atoms with Gasteiger partial charge in [-0.1, -0.05) is 53.9 Å². The molecule has 2 aromatic rings. The Balaban J connectivity index is 2.03. The molecule has 6 heteroatoms. The second kappa shape index (κ2) is 6.26. The van der Waals surface area contributed by atoms with Crippen LogP contribution in [-0.4, -0.2) is 13.2 Å². The summed E-state index contributed by atoms with van der Waals surface area (Å²) in [6.45, 7) is 1.10. The molecule has 0 aromatic heterocycles. The van der Waals surface area contributed by atoms with Crippen molar-refractivity contribution < 1.29 is 13.9 Å². The van der Waals surface area contributed by atoms with Crippen molar-refractivity contribution in [3.05, 3.63) is 56.2 Å². The van der Waals surface area contributed by atoms with Crippen molar-refractivity contribution in [1.29, 1.82) is 0 Å². The van der Waals surface area contributed by atoms with E-state index in [2.05, 4.69) is 47.8 Å². The fraction of sp³-hybridized carbons (Fsp3) is 0.200. The number of hydrogen-bond donors (Lipinski definition) is 0. The van der Waals surface area contributed by atoms with E-state index < -0.39 is 0 Å². The van der Waals surface area contributed by atoms with E-state index in [0.717, 1.165) is 27.1 Å². The summed E-state index contributed by atoms with van der Waals surface area (Å²) in [6, 6.07) is 8.49. The zero-order valence-electron chi connectivity index (χ0n) is 10.7. The molecular weight excluding hydrogens is 471 g/mol. The lowest BCUT2D eigenvalue weighted by Gasteiger charge is -2.22. The number of fused-ring (bicyclic) bond motifs is 1.